The number of hydrogen-bond donors (Lipinski definition) is 1. The third-order valence-electron chi connectivity index (χ3n) is 7.37. The Morgan fingerprint density at radius 2 is 1.97 bits per heavy atom. The molecule has 6 nitrogen and oxygen atoms in total. The Labute approximate surface area is 188 Å². The van der Waals surface area contributed by atoms with Gasteiger partial charge in [-0.1, -0.05) is 12.1 Å². The Morgan fingerprint density at radius 3 is 2.69 bits per heavy atom. The Morgan fingerprint density at radius 1 is 1.19 bits per heavy atom. The summed E-state index contributed by atoms with van der Waals surface area (Å²) in [7, 11) is 0. The normalized spacial score (nSPS) is 20.3. The molecule has 32 heavy (non-hydrogen) atoms. The number of rotatable bonds is 5. The number of fused-ring (bicyclic) bond motifs is 1. The first kappa shape index (κ1) is 20.4. The molecule has 5 rings (SSSR count). The van der Waals surface area contributed by atoms with Gasteiger partial charge < -0.3 is 10.2 Å². The van der Waals surface area contributed by atoms with E-state index in [1.54, 1.807) is 18.3 Å². The molecule has 1 saturated heterocycles. The van der Waals surface area contributed by atoms with E-state index in [9.17, 15) is 9.59 Å². The molecule has 1 aromatic heterocycles. The number of likely N-dealkylation sites (tertiary alicyclic amines) is 1. The molecule has 1 aliphatic heterocycles. The molecule has 1 aromatic carbocycles. The Bertz CT molecular complexity index is 1120. The molecular weight excluding hydrogens is 400 g/mol. The highest BCUT2D eigenvalue weighted by atomic mass is 16.2. The third kappa shape index (κ3) is 4.03. The van der Waals surface area contributed by atoms with Crippen molar-refractivity contribution in [3.63, 3.8) is 0 Å². The zero-order valence-electron chi connectivity index (χ0n) is 18.0. The van der Waals surface area contributed by atoms with Gasteiger partial charge in [-0.25, -0.2) is 0 Å². The van der Waals surface area contributed by atoms with Crippen LogP contribution in [0.1, 0.15) is 41.5 Å². The maximum atomic E-state index is 12.7. The standard InChI is InChI=1S/C26H26N4O2/c27-15-19-3-1-18(2-4-19)11-24(31)30-9-6-26(7-10-30)14-23(26)17-29-25(32)21-12-20-5-8-28-16-22(20)13-21/h1-5,8,13,16,23H,6-7,9-12,14,17H2,(H,29,32). The van der Waals surface area contributed by atoms with E-state index in [0.717, 1.165) is 54.6 Å². The summed E-state index contributed by atoms with van der Waals surface area (Å²) >= 11 is 0. The van der Waals surface area contributed by atoms with Gasteiger partial charge in [0.2, 0.25) is 11.8 Å². The minimum Gasteiger partial charge on any atom is -0.352 e. The van der Waals surface area contributed by atoms with Crippen molar-refractivity contribution >= 4 is 17.9 Å². The van der Waals surface area contributed by atoms with E-state index in [2.05, 4.69) is 16.4 Å². The highest BCUT2D eigenvalue weighted by molar-refractivity contribution is 6.00. The number of nitrogens with one attached hydrogen (secondary N) is 1. The van der Waals surface area contributed by atoms with Crippen LogP contribution in [0.4, 0.5) is 0 Å². The fourth-order valence-corrected chi connectivity index (χ4v) is 5.16. The van der Waals surface area contributed by atoms with E-state index in [-0.39, 0.29) is 17.2 Å². The zero-order valence-corrected chi connectivity index (χ0v) is 18.0. The number of hydrogen-bond acceptors (Lipinski definition) is 4. The minimum atomic E-state index is 0.0262. The van der Waals surface area contributed by atoms with Crippen LogP contribution in [-0.2, 0) is 22.4 Å². The molecule has 6 heteroatoms. The van der Waals surface area contributed by atoms with Crippen LogP contribution in [0.15, 0.2) is 48.3 Å². The molecule has 1 atom stereocenters. The van der Waals surface area contributed by atoms with Gasteiger partial charge in [0.15, 0.2) is 0 Å². The highest BCUT2D eigenvalue weighted by Gasteiger charge is 2.54. The molecule has 2 aromatic rings. The lowest BCUT2D eigenvalue weighted by molar-refractivity contribution is -0.132. The highest BCUT2D eigenvalue weighted by Crippen LogP contribution is 2.59. The molecule has 1 spiro atoms. The van der Waals surface area contributed by atoms with E-state index in [1.165, 1.54) is 0 Å². The summed E-state index contributed by atoms with van der Waals surface area (Å²) in [5.41, 5.74) is 4.85. The van der Waals surface area contributed by atoms with Crippen LogP contribution in [0.2, 0.25) is 0 Å². The number of nitrogens with zero attached hydrogens (tertiary/aromatic N) is 3. The molecular formula is C26H26N4O2. The quantitative estimate of drug-likeness (QED) is 0.797. The van der Waals surface area contributed by atoms with E-state index >= 15 is 0 Å². The average Bonchev–Trinajstić information content (AvgIpc) is 3.29. The fraction of sp³-hybridized carbons (Fsp3) is 0.385. The molecule has 0 bridgehead atoms. The minimum absolute atomic E-state index is 0.0262. The van der Waals surface area contributed by atoms with Crippen LogP contribution in [0, 0.1) is 22.7 Å². The van der Waals surface area contributed by atoms with Crippen LogP contribution < -0.4 is 5.32 Å². The van der Waals surface area contributed by atoms with Gasteiger partial charge in [-0.2, -0.15) is 5.26 Å². The molecule has 2 aliphatic carbocycles. The van der Waals surface area contributed by atoms with Gasteiger partial charge in [-0.3, -0.25) is 14.6 Å². The van der Waals surface area contributed by atoms with Crippen molar-refractivity contribution < 1.29 is 9.59 Å². The first-order chi connectivity index (χ1) is 15.6. The number of pyridine rings is 1. The number of nitriles is 1. The van der Waals surface area contributed by atoms with Crippen LogP contribution >= 0.6 is 0 Å². The molecule has 2 heterocycles. The van der Waals surface area contributed by atoms with Gasteiger partial charge in [0.05, 0.1) is 18.1 Å². The van der Waals surface area contributed by atoms with E-state index in [0.29, 0.717) is 30.9 Å². The number of aromatic nitrogens is 1. The molecule has 2 amide bonds. The molecule has 162 valence electrons. The number of amides is 2. The molecule has 1 saturated carbocycles. The summed E-state index contributed by atoms with van der Waals surface area (Å²) < 4.78 is 0. The molecule has 2 fully saturated rings. The fourth-order valence-electron chi connectivity index (χ4n) is 5.16. The van der Waals surface area contributed by atoms with Gasteiger partial charge in [-0.15, -0.1) is 0 Å². The Hall–Kier alpha value is -3.46. The maximum Gasteiger partial charge on any atom is 0.247 e. The van der Waals surface area contributed by atoms with Gasteiger partial charge in [0.1, 0.15) is 0 Å². The van der Waals surface area contributed by atoms with Crippen molar-refractivity contribution in [3.05, 3.63) is 70.6 Å². The monoisotopic (exact) mass is 426 g/mol. The van der Waals surface area contributed by atoms with Crippen molar-refractivity contribution in [2.75, 3.05) is 19.6 Å². The third-order valence-corrected chi connectivity index (χ3v) is 7.37. The van der Waals surface area contributed by atoms with Gasteiger partial charge in [0.25, 0.3) is 0 Å². The zero-order chi connectivity index (χ0) is 22.1. The second-order valence-corrected chi connectivity index (χ2v) is 9.26. The molecule has 1 unspecified atom stereocenters. The molecule has 1 N–H and O–H groups in total. The van der Waals surface area contributed by atoms with Crippen LogP contribution in [0.25, 0.3) is 6.08 Å². The Balaban J connectivity index is 1.07. The van der Waals surface area contributed by atoms with Gasteiger partial charge >= 0.3 is 0 Å². The summed E-state index contributed by atoms with van der Waals surface area (Å²) in [5, 5.41) is 12.0. The second kappa shape index (κ2) is 8.23. The first-order valence-corrected chi connectivity index (χ1v) is 11.2. The van der Waals surface area contributed by atoms with Crippen LogP contribution in [0.3, 0.4) is 0 Å². The predicted octanol–water partition coefficient (Wildman–Crippen LogP) is 2.88. The molecule has 0 radical (unpaired) electrons. The summed E-state index contributed by atoms with van der Waals surface area (Å²) in [4.78, 5) is 31.4. The summed E-state index contributed by atoms with van der Waals surface area (Å²) in [6.45, 7) is 2.28. The van der Waals surface area contributed by atoms with E-state index < -0.39 is 0 Å². The van der Waals surface area contributed by atoms with Crippen molar-refractivity contribution in [3.8, 4) is 6.07 Å². The Kier molecular flexibility index (Phi) is 5.26. The predicted molar refractivity (Wildman–Crippen MR) is 120 cm³/mol. The summed E-state index contributed by atoms with van der Waals surface area (Å²) in [6.07, 6.45) is 9.72. The topological polar surface area (TPSA) is 86.1 Å². The smallest absolute Gasteiger partial charge is 0.247 e. The lowest BCUT2D eigenvalue weighted by Gasteiger charge is -2.33. The van der Waals surface area contributed by atoms with Crippen LogP contribution in [-0.4, -0.2) is 41.3 Å². The van der Waals surface area contributed by atoms with Gasteiger partial charge in [-0.05, 0) is 71.6 Å². The lowest BCUT2D eigenvalue weighted by atomic mass is 9.90. The van der Waals surface area contributed by atoms with Crippen molar-refractivity contribution in [2.24, 2.45) is 11.3 Å². The molecule has 3 aliphatic rings. The van der Waals surface area contributed by atoms with Gasteiger partial charge in [0, 0.05) is 44.0 Å². The van der Waals surface area contributed by atoms with Crippen molar-refractivity contribution in [1.29, 1.82) is 5.26 Å². The van der Waals surface area contributed by atoms with Crippen molar-refractivity contribution in [1.82, 2.24) is 15.2 Å². The number of benzene rings is 1. The largest absolute Gasteiger partial charge is 0.352 e. The van der Waals surface area contributed by atoms with E-state index in [1.807, 2.05) is 35.4 Å². The lowest BCUT2D eigenvalue weighted by Crippen LogP contribution is -2.41. The SMILES string of the molecule is N#Cc1ccc(CC(=O)N2CCC3(CC2)CC3CNC(=O)C2=Cc3cnccc3C2)cc1. The number of carbonyl (C=O) groups is 2. The summed E-state index contributed by atoms with van der Waals surface area (Å²) in [6, 6.07) is 11.3. The second-order valence-electron chi connectivity index (χ2n) is 9.26. The summed E-state index contributed by atoms with van der Waals surface area (Å²) in [5.74, 6) is 0.684. The maximum absolute atomic E-state index is 12.7. The number of piperidine rings is 1. The van der Waals surface area contributed by atoms with E-state index in [4.69, 9.17) is 5.26 Å². The average molecular weight is 427 g/mol. The first-order valence-electron chi connectivity index (χ1n) is 11.2. The number of carbonyl (C=O) groups excluding carboxylic acids is 2. The van der Waals surface area contributed by atoms with Crippen molar-refractivity contribution in [2.45, 2.75) is 32.1 Å². The van der Waals surface area contributed by atoms with Crippen LogP contribution in [0.5, 0.6) is 0 Å².